The summed E-state index contributed by atoms with van der Waals surface area (Å²) in [7, 11) is 0. The molecule has 1 unspecified atom stereocenters. The van der Waals surface area contributed by atoms with Crippen LogP contribution in [0, 0.1) is 5.92 Å². The van der Waals surface area contributed by atoms with Crippen molar-refractivity contribution in [2.75, 3.05) is 13.2 Å². The molecule has 0 bridgehead atoms. The summed E-state index contributed by atoms with van der Waals surface area (Å²) in [4.78, 5) is 0. The maximum atomic E-state index is 9.50. The van der Waals surface area contributed by atoms with Gasteiger partial charge in [0.05, 0.1) is 11.4 Å². The third-order valence-electron chi connectivity index (χ3n) is 4.04. The molecule has 0 amide bonds. The van der Waals surface area contributed by atoms with Crippen LogP contribution >= 0.6 is 12.4 Å². The fourth-order valence-corrected chi connectivity index (χ4v) is 3.09. The number of hydrogen-bond donors (Lipinski definition) is 2. The van der Waals surface area contributed by atoms with Crippen molar-refractivity contribution in [2.45, 2.75) is 25.9 Å². The molecule has 0 fully saturated rings. The lowest BCUT2D eigenvalue weighted by Gasteiger charge is -2.12. The van der Waals surface area contributed by atoms with E-state index in [9.17, 15) is 5.11 Å². The van der Waals surface area contributed by atoms with Crippen molar-refractivity contribution in [3.63, 3.8) is 0 Å². The van der Waals surface area contributed by atoms with Crippen LogP contribution < -0.4 is 5.32 Å². The summed E-state index contributed by atoms with van der Waals surface area (Å²) in [5.74, 6) is 0.175. The summed E-state index contributed by atoms with van der Waals surface area (Å²) in [5, 5.41) is 21.8. The van der Waals surface area contributed by atoms with E-state index in [-0.39, 0.29) is 24.9 Å². The average Bonchev–Trinajstić information content (AvgIpc) is 2.98. The molecule has 2 aromatic rings. The minimum Gasteiger partial charge on any atom is -0.396 e. The number of nitrogens with zero attached hydrogens (tertiary/aromatic N) is 3. The van der Waals surface area contributed by atoms with Crippen LogP contribution in [-0.2, 0) is 25.9 Å². The van der Waals surface area contributed by atoms with Crippen LogP contribution in [0.25, 0.3) is 11.4 Å². The predicted molar refractivity (Wildman–Crippen MR) is 74.7 cm³/mol. The van der Waals surface area contributed by atoms with E-state index < -0.39 is 0 Å². The first-order valence-corrected chi connectivity index (χ1v) is 6.70. The van der Waals surface area contributed by atoms with E-state index in [1.54, 1.807) is 6.26 Å². The zero-order valence-electron chi connectivity index (χ0n) is 11.0. The van der Waals surface area contributed by atoms with Crippen LogP contribution in [-0.4, -0.2) is 33.2 Å². The molecule has 20 heavy (non-hydrogen) atoms. The Bertz CT molecular complexity index is 622. The molecule has 0 saturated carbocycles. The molecule has 4 rings (SSSR count). The van der Waals surface area contributed by atoms with E-state index in [1.807, 2.05) is 4.68 Å². The van der Waals surface area contributed by atoms with Gasteiger partial charge >= 0.3 is 0 Å². The smallest absolute Gasteiger partial charge is 0.135 e. The van der Waals surface area contributed by atoms with Crippen LogP contribution in [0.1, 0.15) is 16.8 Å². The Kier molecular flexibility index (Phi) is 3.54. The van der Waals surface area contributed by atoms with Crippen LogP contribution in [0.2, 0.25) is 0 Å². The molecule has 0 aromatic carbocycles. The minimum absolute atomic E-state index is 0. The van der Waals surface area contributed by atoms with Crippen molar-refractivity contribution in [1.82, 2.24) is 20.3 Å². The average molecular weight is 297 g/mol. The summed E-state index contributed by atoms with van der Waals surface area (Å²) in [6.45, 7) is 2.71. The minimum atomic E-state index is 0. The highest BCUT2D eigenvalue weighted by molar-refractivity contribution is 5.85. The van der Waals surface area contributed by atoms with Crippen molar-refractivity contribution in [3.8, 4) is 11.4 Å². The number of halogens is 1. The molecule has 0 aliphatic carbocycles. The normalized spacial score (nSPS) is 20.4. The van der Waals surface area contributed by atoms with Gasteiger partial charge in [0.2, 0.25) is 0 Å². The van der Waals surface area contributed by atoms with Crippen molar-refractivity contribution >= 4 is 12.4 Å². The lowest BCUT2D eigenvalue weighted by atomic mass is 10.00. The largest absolute Gasteiger partial charge is 0.396 e. The highest BCUT2D eigenvalue weighted by Gasteiger charge is 2.30. The molecular weight excluding hydrogens is 280 g/mol. The van der Waals surface area contributed by atoms with Crippen molar-refractivity contribution in [3.05, 3.63) is 23.1 Å². The first kappa shape index (κ1) is 13.6. The summed E-state index contributed by atoms with van der Waals surface area (Å²) in [6, 6.07) is 0. The summed E-state index contributed by atoms with van der Waals surface area (Å²) in [6.07, 6.45) is 3.44. The third kappa shape index (κ3) is 1.95. The summed E-state index contributed by atoms with van der Waals surface area (Å²) < 4.78 is 7.15. The second-order valence-electron chi connectivity index (χ2n) is 5.32. The van der Waals surface area contributed by atoms with Gasteiger partial charge in [0.15, 0.2) is 0 Å². The first-order valence-electron chi connectivity index (χ1n) is 6.70. The van der Waals surface area contributed by atoms with E-state index >= 15 is 0 Å². The SMILES string of the molecule is Cl.OCC1Cc2conc2-c2c3c(nn2C1)CCNC3. The van der Waals surface area contributed by atoms with E-state index in [4.69, 9.17) is 9.62 Å². The molecule has 6 nitrogen and oxygen atoms in total. The van der Waals surface area contributed by atoms with Crippen molar-refractivity contribution in [2.24, 2.45) is 5.92 Å². The molecule has 2 aromatic heterocycles. The highest BCUT2D eigenvalue weighted by atomic mass is 35.5. The lowest BCUT2D eigenvalue weighted by molar-refractivity contribution is 0.207. The quantitative estimate of drug-likeness (QED) is 0.813. The lowest BCUT2D eigenvalue weighted by Crippen LogP contribution is -2.23. The van der Waals surface area contributed by atoms with Gasteiger partial charge in [-0.05, 0) is 6.42 Å². The van der Waals surface area contributed by atoms with Crippen molar-refractivity contribution in [1.29, 1.82) is 0 Å². The monoisotopic (exact) mass is 296 g/mol. The summed E-state index contributed by atoms with van der Waals surface area (Å²) >= 11 is 0. The predicted octanol–water partition coefficient (Wildman–Crippen LogP) is 0.770. The standard InChI is InChI=1S/C13H16N4O2.ClH/c18-6-8-3-9-7-19-16-12(9)13-10-4-14-2-1-11(10)15-17(13)5-8;/h7-8,14,18H,1-6H2;1H. The highest BCUT2D eigenvalue weighted by Crippen LogP contribution is 2.34. The Balaban J connectivity index is 0.00000121. The van der Waals surface area contributed by atoms with Gasteiger partial charge in [-0.3, -0.25) is 4.68 Å². The van der Waals surface area contributed by atoms with Crippen molar-refractivity contribution < 1.29 is 9.63 Å². The number of hydrogen-bond acceptors (Lipinski definition) is 5. The molecule has 1 atom stereocenters. The van der Waals surface area contributed by atoms with Gasteiger partial charge in [-0.2, -0.15) is 5.10 Å². The van der Waals surface area contributed by atoms with Crippen LogP contribution in [0.4, 0.5) is 0 Å². The molecule has 7 heteroatoms. The fourth-order valence-electron chi connectivity index (χ4n) is 3.09. The fraction of sp³-hybridized carbons (Fsp3) is 0.538. The molecule has 2 aliphatic rings. The second kappa shape index (κ2) is 5.20. The number of rotatable bonds is 1. The Labute approximate surface area is 122 Å². The van der Waals surface area contributed by atoms with Gasteiger partial charge in [-0.25, -0.2) is 0 Å². The molecular formula is C13H17ClN4O2. The van der Waals surface area contributed by atoms with E-state index in [0.717, 1.165) is 55.1 Å². The zero-order chi connectivity index (χ0) is 12.8. The molecule has 0 spiro atoms. The van der Waals surface area contributed by atoms with Crippen LogP contribution in [0.3, 0.4) is 0 Å². The van der Waals surface area contributed by atoms with Crippen LogP contribution in [0.5, 0.6) is 0 Å². The Morgan fingerprint density at radius 2 is 2.40 bits per heavy atom. The number of aliphatic hydroxyl groups excluding tert-OH is 1. The van der Waals surface area contributed by atoms with E-state index in [0.29, 0.717) is 0 Å². The van der Waals surface area contributed by atoms with Gasteiger partial charge in [0.25, 0.3) is 0 Å². The number of aliphatic hydroxyl groups is 1. The first-order chi connectivity index (χ1) is 9.36. The molecule has 0 saturated heterocycles. The van der Waals surface area contributed by atoms with E-state index in [1.165, 1.54) is 5.56 Å². The van der Waals surface area contributed by atoms with Crippen LogP contribution in [0.15, 0.2) is 10.8 Å². The molecule has 108 valence electrons. The molecule has 4 heterocycles. The van der Waals surface area contributed by atoms with Gasteiger partial charge in [0.1, 0.15) is 12.0 Å². The number of aromatic nitrogens is 3. The van der Waals surface area contributed by atoms with Gasteiger partial charge in [-0.15, -0.1) is 12.4 Å². The maximum absolute atomic E-state index is 9.50. The second-order valence-corrected chi connectivity index (χ2v) is 5.32. The maximum Gasteiger partial charge on any atom is 0.135 e. The molecule has 0 radical (unpaired) electrons. The Morgan fingerprint density at radius 1 is 1.50 bits per heavy atom. The third-order valence-corrected chi connectivity index (χ3v) is 4.04. The number of nitrogens with one attached hydrogen (secondary N) is 1. The van der Waals surface area contributed by atoms with E-state index in [2.05, 4.69) is 10.5 Å². The molecule has 2 N–H and O–H groups in total. The molecule has 2 aliphatic heterocycles. The topological polar surface area (TPSA) is 76.1 Å². The number of fused-ring (bicyclic) bond motifs is 5. The van der Waals surface area contributed by atoms with Gasteiger partial charge < -0.3 is 14.9 Å². The van der Waals surface area contributed by atoms with Gasteiger partial charge in [-0.1, -0.05) is 5.16 Å². The summed E-state index contributed by atoms with van der Waals surface area (Å²) in [5.41, 5.74) is 5.43. The Hall–Kier alpha value is -1.37. The van der Waals surface area contributed by atoms with Gasteiger partial charge in [0, 0.05) is 49.7 Å². The zero-order valence-corrected chi connectivity index (χ0v) is 11.8. The Morgan fingerprint density at radius 3 is 3.25 bits per heavy atom.